The van der Waals surface area contributed by atoms with Gasteiger partial charge in [-0.15, -0.1) is 10.2 Å². The Balaban J connectivity index is 1.38. The number of carbonyl (C=O) groups is 1. The van der Waals surface area contributed by atoms with Gasteiger partial charge in [-0.3, -0.25) is 4.79 Å². The molecule has 26 heavy (non-hydrogen) atoms. The van der Waals surface area contributed by atoms with Crippen molar-refractivity contribution in [1.82, 2.24) is 24.6 Å². The quantitative estimate of drug-likeness (QED) is 0.770. The number of nitrogens with one attached hydrogen (secondary N) is 1. The highest BCUT2D eigenvalue weighted by molar-refractivity contribution is 5.94. The topological polar surface area (TPSA) is 64.7 Å². The second kappa shape index (κ2) is 7.56. The summed E-state index contributed by atoms with van der Waals surface area (Å²) >= 11 is 0. The standard InChI is InChI=1S/C20H23N5O/c26-20(16-7-6-8-17(15-16)24-12-4-5-13-24)21-11-10-19-23-22-18-9-2-1-3-14-25(18)19/h4-8,12-13,15H,1-3,9-11,14H2,(H,21,26). The molecule has 0 fully saturated rings. The van der Waals surface area contributed by atoms with Crippen LogP contribution in [0, 0.1) is 0 Å². The van der Waals surface area contributed by atoms with Crippen molar-refractivity contribution in [2.24, 2.45) is 0 Å². The Hall–Kier alpha value is -2.89. The molecule has 3 heterocycles. The maximum atomic E-state index is 12.5. The molecule has 6 nitrogen and oxygen atoms in total. The summed E-state index contributed by atoms with van der Waals surface area (Å²) in [5, 5.41) is 11.6. The summed E-state index contributed by atoms with van der Waals surface area (Å²) in [5.41, 5.74) is 1.64. The Kier molecular flexibility index (Phi) is 4.82. The summed E-state index contributed by atoms with van der Waals surface area (Å²) in [6.07, 6.45) is 9.25. The molecule has 1 aliphatic rings. The number of rotatable bonds is 5. The van der Waals surface area contributed by atoms with Crippen LogP contribution < -0.4 is 5.32 Å². The molecule has 0 spiro atoms. The molecule has 1 aromatic carbocycles. The molecule has 0 saturated carbocycles. The lowest BCUT2D eigenvalue weighted by Crippen LogP contribution is -2.26. The minimum Gasteiger partial charge on any atom is -0.352 e. The Morgan fingerprint density at radius 2 is 1.96 bits per heavy atom. The largest absolute Gasteiger partial charge is 0.352 e. The van der Waals surface area contributed by atoms with Crippen molar-refractivity contribution in [1.29, 1.82) is 0 Å². The molecule has 0 aliphatic carbocycles. The molecule has 0 saturated heterocycles. The van der Waals surface area contributed by atoms with Gasteiger partial charge >= 0.3 is 0 Å². The molecule has 0 atom stereocenters. The minimum atomic E-state index is -0.0605. The van der Waals surface area contributed by atoms with E-state index in [1.54, 1.807) is 0 Å². The highest BCUT2D eigenvalue weighted by Gasteiger charge is 2.14. The Bertz CT molecular complexity index is 882. The average molecular weight is 349 g/mol. The third-order valence-corrected chi connectivity index (χ3v) is 4.83. The molecule has 1 N–H and O–H groups in total. The van der Waals surface area contributed by atoms with Crippen LogP contribution in [-0.4, -0.2) is 31.8 Å². The zero-order chi connectivity index (χ0) is 17.8. The monoisotopic (exact) mass is 349 g/mol. The molecule has 0 unspecified atom stereocenters. The first-order chi connectivity index (χ1) is 12.8. The number of benzene rings is 1. The van der Waals surface area contributed by atoms with Crippen molar-refractivity contribution < 1.29 is 4.79 Å². The minimum absolute atomic E-state index is 0.0605. The van der Waals surface area contributed by atoms with Crippen LogP contribution in [0.4, 0.5) is 0 Å². The summed E-state index contributed by atoms with van der Waals surface area (Å²) in [6, 6.07) is 11.6. The molecule has 3 aromatic rings. The van der Waals surface area contributed by atoms with Gasteiger partial charge in [0.25, 0.3) is 5.91 Å². The summed E-state index contributed by atoms with van der Waals surface area (Å²) < 4.78 is 4.22. The number of aryl methyl sites for hydroxylation is 1. The second-order valence-corrected chi connectivity index (χ2v) is 6.64. The van der Waals surface area contributed by atoms with Crippen LogP contribution >= 0.6 is 0 Å². The SMILES string of the molecule is O=C(NCCc1nnc2n1CCCCC2)c1cccc(-n2cccc2)c1. The van der Waals surface area contributed by atoms with Gasteiger partial charge in [0.1, 0.15) is 11.6 Å². The number of carbonyl (C=O) groups excluding carboxylic acids is 1. The van der Waals surface area contributed by atoms with Crippen molar-refractivity contribution in [3.8, 4) is 5.69 Å². The van der Waals surface area contributed by atoms with Crippen molar-refractivity contribution in [2.45, 2.75) is 38.6 Å². The predicted octanol–water partition coefficient (Wildman–Crippen LogP) is 2.77. The van der Waals surface area contributed by atoms with Gasteiger partial charge in [0.15, 0.2) is 0 Å². The molecular weight excluding hydrogens is 326 g/mol. The Labute approximate surface area is 152 Å². The van der Waals surface area contributed by atoms with Crippen LogP contribution in [0.1, 0.15) is 41.3 Å². The maximum absolute atomic E-state index is 12.5. The van der Waals surface area contributed by atoms with E-state index in [2.05, 4.69) is 20.1 Å². The van der Waals surface area contributed by atoms with Gasteiger partial charge in [-0.05, 0) is 43.2 Å². The van der Waals surface area contributed by atoms with Crippen molar-refractivity contribution in [3.05, 3.63) is 66.0 Å². The fourth-order valence-corrected chi connectivity index (χ4v) is 3.43. The van der Waals surface area contributed by atoms with Crippen LogP contribution in [-0.2, 0) is 19.4 Å². The maximum Gasteiger partial charge on any atom is 0.251 e. The number of aromatic nitrogens is 4. The highest BCUT2D eigenvalue weighted by atomic mass is 16.1. The van der Waals surface area contributed by atoms with E-state index in [1.165, 1.54) is 19.3 Å². The molecule has 2 aromatic heterocycles. The lowest BCUT2D eigenvalue weighted by atomic mass is 10.2. The first-order valence-corrected chi connectivity index (χ1v) is 9.24. The van der Waals surface area contributed by atoms with E-state index < -0.39 is 0 Å². The first-order valence-electron chi connectivity index (χ1n) is 9.24. The normalized spacial score (nSPS) is 13.8. The zero-order valence-electron chi connectivity index (χ0n) is 14.8. The number of hydrogen-bond donors (Lipinski definition) is 1. The number of nitrogens with zero attached hydrogens (tertiary/aromatic N) is 4. The number of amides is 1. The highest BCUT2D eigenvalue weighted by Crippen LogP contribution is 2.15. The van der Waals surface area contributed by atoms with E-state index in [4.69, 9.17) is 0 Å². The summed E-state index contributed by atoms with van der Waals surface area (Å²) in [4.78, 5) is 12.5. The molecule has 4 rings (SSSR count). The number of hydrogen-bond acceptors (Lipinski definition) is 3. The van der Waals surface area contributed by atoms with Gasteiger partial charge in [-0.25, -0.2) is 0 Å². The van der Waals surface area contributed by atoms with E-state index in [1.807, 2.05) is 53.4 Å². The molecule has 1 aliphatic heterocycles. The third-order valence-electron chi connectivity index (χ3n) is 4.83. The first kappa shape index (κ1) is 16.6. The Morgan fingerprint density at radius 1 is 1.08 bits per heavy atom. The summed E-state index contributed by atoms with van der Waals surface area (Å²) in [6.45, 7) is 1.55. The third kappa shape index (κ3) is 3.54. The van der Waals surface area contributed by atoms with Gasteiger partial charge in [-0.1, -0.05) is 12.5 Å². The van der Waals surface area contributed by atoms with Crippen LogP contribution in [0.15, 0.2) is 48.8 Å². The van der Waals surface area contributed by atoms with Crippen molar-refractivity contribution in [2.75, 3.05) is 6.54 Å². The fraction of sp³-hybridized carbons (Fsp3) is 0.350. The molecule has 0 bridgehead atoms. The zero-order valence-corrected chi connectivity index (χ0v) is 14.8. The van der Waals surface area contributed by atoms with Crippen molar-refractivity contribution >= 4 is 5.91 Å². The summed E-state index contributed by atoms with van der Waals surface area (Å²) in [7, 11) is 0. The molecule has 6 heteroatoms. The van der Waals surface area contributed by atoms with Gasteiger partial charge in [0, 0.05) is 49.6 Å². The van der Waals surface area contributed by atoms with Crippen LogP contribution in [0.5, 0.6) is 0 Å². The molecule has 1 amide bonds. The van der Waals surface area contributed by atoms with Crippen LogP contribution in [0.2, 0.25) is 0 Å². The van der Waals surface area contributed by atoms with Gasteiger partial charge in [0.2, 0.25) is 0 Å². The van der Waals surface area contributed by atoms with Gasteiger partial charge in [0.05, 0.1) is 0 Å². The lowest BCUT2D eigenvalue weighted by molar-refractivity contribution is 0.0954. The van der Waals surface area contributed by atoms with Gasteiger partial charge in [-0.2, -0.15) is 0 Å². The second-order valence-electron chi connectivity index (χ2n) is 6.64. The smallest absolute Gasteiger partial charge is 0.251 e. The summed E-state index contributed by atoms with van der Waals surface area (Å²) in [5.74, 6) is 2.00. The van der Waals surface area contributed by atoms with E-state index in [0.717, 1.165) is 30.3 Å². The van der Waals surface area contributed by atoms with E-state index in [0.29, 0.717) is 18.5 Å². The number of fused-ring (bicyclic) bond motifs is 1. The molecule has 134 valence electrons. The molecule has 0 radical (unpaired) electrons. The van der Waals surface area contributed by atoms with Crippen LogP contribution in [0.3, 0.4) is 0 Å². The molecular formula is C20H23N5O. The van der Waals surface area contributed by atoms with E-state index >= 15 is 0 Å². The fourth-order valence-electron chi connectivity index (χ4n) is 3.43. The van der Waals surface area contributed by atoms with E-state index in [-0.39, 0.29) is 5.91 Å². The Morgan fingerprint density at radius 3 is 2.85 bits per heavy atom. The lowest BCUT2D eigenvalue weighted by Gasteiger charge is -2.09. The van der Waals surface area contributed by atoms with Gasteiger partial charge < -0.3 is 14.5 Å². The predicted molar refractivity (Wildman–Crippen MR) is 99.4 cm³/mol. The van der Waals surface area contributed by atoms with Crippen molar-refractivity contribution in [3.63, 3.8) is 0 Å². The van der Waals surface area contributed by atoms with Crippen LogP contribution in [0.25, 0.3) is 5.69 Å². The van der Waals surface area contributed by atoms with E-state index in [9.17, 15) is 4.79 Å². The average Bonchev–Trinajstić information content (AvgIpc) is 3.27.